The van der Waals surface area contributed by atoms with E-state index >= 15 is 0 Å². The molecule has 0 amide bonds. The molecule has 0 spiro atoms. The Balaban J connectivity index is 2.85. The molecule has 0 bridgehead atoms. The Morgan fingerprint density at radius 2 is 2.36 bits per heavy atom. The van der Waals surface area contributed by atoms with Crippen molar-refractivity contribution in [2.45, 2.75) is 6.43 Å². The van der Waals surface area contributed by atoms with E-state index in [1.165, 1.54) is 6.20 Å². The molecule has 1 heterocycles. The Morgan fingerprint density at radius 3 is 2.73 bits per heavy atom. The molecular formula is C5H2BrF2NOS. The number of thiazole rings is 1. The molecule has 0 N–H and O–H groups in total. The first kappa shape index (κ1) is 8.73. The summed E-state index contributed by atoms with van der Waals surface area (Å²) >= 11 is 3.91. The molecule has 0 atom stereocenters. The summed E-state index contributed by atoms with van der Waals surface area (Å²) in [6.07, 6.45) is -1.65. The van der Waals surface area contributed by atoms with Crippen LogP contribution in [-0.4, -0.2) is 17.2 Å². The van der Waals surface area contributed by atoms with Gasteiger partial charge in [-0.05, 0) is 15.9 Å². The maximum Gasteiger partial charge on any atom is 0.303 e. The fraction of sp³-hybridized carbons (Fsp3) is 0.200. The van der Waals surface area contributed by atoms with Gasteiger partial charge in [-0.1, -0.05) is 0 Å². The zero-order chi connectivity index (χ0) is 8.43. The van der Waals surface area contributed by atoms with Crippen LogP contribution >= 0.6 is 27.3 Å². The molecule has 6 heteroatoms. The van der Waals surface area contributed by atoms with Gasteiger partial charge in [-0.25, -0.2) is 13.8 Å². The van der Waals surface area contributed by atoms with Crippen molar-refractivity contribution in [2.75, 3.05) is 0 Å². The first-order valence-electron chi connectivity index (χ1n) is 2.55. The molecule has 1 rings (SSSR count). The van der Waals surface area contributed by atoms with Crippen molar-refractivity contribution in [2.24, 2.45) is 0 Å². The highest BCUT2D eigenvalue weighted by Gasteiger charge is 2.20. The minimum Gasteiger partial charge on any atom is -0.285 e. The Labute approximate surface area is 73.4 Å². The van der Waals surface area contributed by atoms with Gasteiger partial charge in [-0.3, -0.25) is 4.79 Å². The molecule has 0 radical (unpaired) electrons. The van der Waals surface area contributed by atoms with Gasteiger partial charge >= 0.3 is 6.43 Å². The number of carbonyl (C=O) groups is 1. The first-order valence-corrected chi connectivity index (χ1v) is 4.16. The number of carbonyl (C=O) groups excluding carboxylic acids is 1. The van der Waals surface area contributed by atoms with Gasteiger partial charge in [0, 0.05) is 0 Å². The van der Waals surface area contributed by atoms with Crippen LogP contribution in [0, 0.1) is 0 Å². The summed E-state index contributed by atoms with van der Waals surface area (Å²) < 4.78 is 24.0. The smallest absolute Gasteiger partial charge is 0.285 e. The molecule has 2 nitrogen and oxygen atoms in total. The maximum absolute atomic E-state index is 11.7. The van der Waals surface area contributed by atoms with Crippen molar-refractivity contribution >= 4 is 33.0 Å². The van der Waals surface area contributed by atoms with Gasteiger partial charge in [0.05, 0.1) is 9.98 Å². The fourth-order valence-electron chi connectivity index (χ4n) is 0.462. The van der Waals surface area contributed by atoms with E-state index in [0.29, 0.717) is 3.79 Å². The van der Waals surface area contributed by atoms with E-state index in [1.807, 2.05) is 0 Å². The minimum atomic E-state index is -2.96. The van der Waals surface area contributed by atoms with Crippen molar-refractivity contribution in [3.8, 4) is 0 Å². The van der Waals surface area contributed by atoms with E-state index < -0.39 is 12.2 Å². The highest BCUT2D eigenvalue weighted by molar-refractivity contribution is 9.11. The van der Waals surface area contributed by atoms with E-state index in [2.05, 4.69) is 20.9 Å². The summed E-state index contributed by atoms with van der Waals surface area (Å²) in [4.78, 5) is 14.0. The van der Waals surface area contributed by atoms with Crippen LogP contribution in [-0.2, 0) is 0 Å². The van der Waals surface area contributed by atoms with Gasteiger partial charge in [0.15, 0.2) is 5.01 Å². The van der Waals surface area contributed by atoms with Gasteiger partial charge in [-0.2, -0.15) is 0 Å². The van der Waals surface area contributed by atoms with E-state index in [-0.39, 0.29) is 5.01 Å². The van der Waals surface area contributed by atoms with Crippen molar-refractivity contribution in [1.29, 1.82) is 0 Å². The Hall–Kier alpha value is -0.360. The second-order valence-electron chi connectivity index (χ2n) is 1.63. The maximum atomic E-state index is 11.7. The Bertz CT molecular complexity index is 275. The molecule has 0 aliphatic rings. The predicted molar refractivity (Wildman–Crippen MR) is 40.1 cm³/mol. The number of hydrogen-bond donors (Lipinski definition) is 0. The number of ketones is 1. The Morgan fingerprint density at radius 1 is 1.73 bits per heavy atom. The topological polar surface area (TPSA) is 30.0 Å². The molecule has 0 aliphatic carbocycles. The highest BCUT2D eigenvalue weighted by atomic mass is 79.9. The predicted octanol–water partition coefficient (Wildman–Crippen LogP) is 2.35. The van der Waals surface area contributed by atoms with Crippen LogP contribution in [0.1, 0.15) is 9.80 Å². The number of nitrogens with zero attached hydrogens (tertiary/aromatic N) is 1. The lowest BCUT2D eigenvalue weighted by atomic mass is 10.4. The number of rotatable bonds is 2. The third kappa shape index (κ3) is 2.03. The summed E-state index contributed by atoms with van der Waals surface area (Å²) in [5, 5.41) is -0.160. The van der Waals surface area contributed by atoms with Crippen molar-refractivity contribution in [1.82, 2.24) is 4.98 Å². The third-order valence-corrected chi connectivity index (χ3v) is 2.38. The quantitative estimate of drug-likeness (QED) is 0.745. The second kappa shape index (κ2) is 3.36. The Kier molecular flexibility index (Phi) is 2.67. The van der Waals surface area contributed by atoms with Gasteiger partial charge in [0.2, 0.25) is 0 Å². The van der Waals surface area contributed by atoms with E-state index in [4.69, 9.17) is 0 Å². The summed E-state index contributed by atoms with van der Waals surface area (Å²) in [5.74, 6) is -1.22. The number of alkyl halides is 2. The van der Waals surface area contributed by atoms with Crippen molar-refractivity contribution in [3.63, 3.8) is 0 Å². The monoisotopic (exact) mass is 241 g/mol. The molecule has 1 aromatic rings. The van der Waals surface area contributed by atoms with Gasteiger partial charge < -0.3 is 0 Å². The lowest BCUT2D eigenvalue weighted by Gasteiger charge is -1.90. The largest absolute Gasteiger partial charge is 0.303 e. The van der Waals surface area contributed by atoms with E-state index in [0.717, 1.165) is 11.3 Å². The van der Waals surface area contributed by atoms with E-state index in [1.54, 1.807) is 0 Å². The van der Waals surface area contributed by atoms with Crippen LogP contribution in [0.25, 0.3) is 0 Å². The summed E-state index contributed by atoms with van der Waals surface area (Å²) in [6, 6.07) is 0. The molecule has 0 saturated heterocycles. The zero-order valence-electron chi connectivity index (χ0n) is 5.05. The molecule has 1 aromatic heterocycles. The number of halogens is 3. The summed E-state index contributed by atoms with van der Waals surface area (Å²) in [7, 11) is 0. The van der Waals surface area contributed by atoms with Crippen LogP contribution in [0.15, 0.2) is 9.98 Å². The molecule has 0 aliphatic heterocycles. The highest BCUT2D eigenvalue weighted by Crippen LogP contribution is 2.20. The van der Waals surface area contributed by atoms with Crippen LogP contribution < -0.4 is 0 Å². The normalized spacial score (nSPS) is 10.5. The minimum absolute atomic E-state index is 0.160. The number of Topliss-reactive ketones (excluding diaryl/α,β-unsaturated/α-hetero) is 1. The molecule has 0 saturated carbocycles. The summed E-state index contributed by atoms with van der Waals surface area (Å²) in [5.41, 5.74) is 0. The molecule has 0 fully saturated rings. The molecular weight excluding hydrogens is 240 g/mol. The average Bonchev–Trinajstić information content (AvgIpc) is 2.34. The fourth-order valence-corrected chi connectivity index (χ4v) is 1.61. The van der Waals surface area contributed by atoms with Crippen molar-refractivity contribution < 1.29 is 13.6 Å². The van der Waals surface area contributed by atoms with Crippen molar-refractivity contribution in [3.05, 3.63) is 15.0 Å². The summed E-state index contributed by atoms with van der Waals surface area (Å²) in [6.45, 7) is 0. The first-order chi connectivity index (χ1) is 5.11. The molecule has 60 valence electrons. The van der Waals surface area contributed by atoms with Gasteiger partial charge in [-0.15, -0.1) is 11.3 Å². The zero-order valence-corrected chi connectivity index (χ0v) is 7.45. The van der Waals surface area contributed by atoms with Gasteiger partial charge in [0.25, 0.3) is 5.78 Å². The molecule has 0 unspecified atom stereocenters. The lowest BCUT2D eigenvalue weighted by Crippen LogP contribution is -2.09. The van der Waals surface area contributed by atoms with E-state index in [9.17, 15) is 13.6 Å². The average molecular weight is 242 g/mol. The van der Waals surface area contributed by atoms with Gasteiger partial charge in [0.1, 0.15) is 0 Å². The second-order valence-corrected chi connectivity index (χ2v) is 4.04. The number of aromatic nitrogens is 1. The molecule has 11 heavy (non-hydrogen) atoms. The SMILES string of the molecule is O=C(c1ncc(Br)s1)C(F)F. The third-order valence-electron chi connectivity index (χ3n) is 0.886. The van der Waals surface area contributed by atoms with Crippen LogP contribution in [0.2, 0.25) is 0 Å². The standard InChI is InChI=1S/C5H2BrF2NOS/c6-2-1-9-5(11-2)3(10)4(7)8/h1,4H. The van der Waals surface area contributed by atoms with Crippen LogP contribution in [0.3, 0.4) is 0 Å². The lowest BCUT2D eigenvalue weighted by molar-refractivity contribution is 0.0678. The molecule has 0 aromatic carbocycles. The number of hydrogen-bond acceptors (Lipinski definition) is 3. The van der Waals surface area contributed by atoms with Crippen LogP contribution in [0.5, 0.6) is 0 Å². The van der Waals surface area contributed by atoms with Crippen LogP contribution in [0.4, 0.5) is 8.78 Å².